The molecule has 0 spiro atoms. The van der Waals surface area contributed by atoms with Crippen molar-refractivity contribution in [2.24, 2.45) is 0 Å². The monoisotopic (exact) mass is 286 g/mol. The topological polar surface area (TPSA) is 67.4 Å². The Labute approximate surface area is 115 Å². The van der Waals surface area contributed by atoms with Crippen molar-refractivity contribution in [2.75, 3.05) is 20.2 Å². The van der Waals surface area contributed by atoms with E-state index in [1.807, 2.05) is 20.9 Å². The van der Waals surface area contributed by atoms with Crippen LogP contribution in [-0.2, 0) is 10.0 Å². The Kier molecular flexibility index (Phi) is 6.27. The first-order valence-electron chi connectivity index (χ1n) is 6.39. The zero-order valence-corrected chi connectivity index (χ0v) is 12.5. The summed E-state index contributed by atoms with van der Waals surface area (Å²) in [5, 5.41) is 2.97. The number of hydrogen-bond acceptors (Lipinski definition) is 4. The van der Waals surface area contributed by atoms with Gasteiger partial charge in [0.15, 0.2) is 0 Å². The Morgan fingerprint density at radius 1 is 1.26 bits per heavy atom. The van der Waals surface area contributed by atoms with E-state index in [0.29, 0.717) is 12.4 Å². The lowest BCUT2D eigenvalue weighted by atomic mass is 10.3. The maximum absolute atomic E-state index is 12.0. The van der Waals surface area contributed by atoms with Gasteiger partial charge >= 0.3 is 0 Å². The maximum atomic E-state index is 12.0. The molecule has 0 amide bonds. The average Bonchev–Trinajstić information content (AvgIpc) is 2.39. The van der Waals surface area contributed by atoms with Crippen molar-refractivity contribution >= 4 is 10.0 Å². The Hall–Kier alpha value is -1.11. The van der Waals surface area contributed by atoms with Crippen LogP contribution >= 0.6 is 0 Å². The molecule has 0 aromatic heterocycles. The van der Waals surface area contributed by atoms with Gasteiger partial charge in [0, 0.05) is 12.6 Å². The highest BCUT2D eigenvalue weighted by Crippen LogP contribution is 2.16. The molecule has 0 heterocycles. The molecule has 1 atom stereocenters. The number of benzene rings is 1. The van der Waals surface area contributed by atoms with Crippen molar-refractivity contribution in [1.82, 2.24) is 10.0 Å². The lowest BCUT2D eigenvalue weighted by Gasteiger charge is -2.12. The number of likely N-dealkylation sites (N-methyl/N-ethyl adjacent to an activating group) is 1. The summed E-state index contributed by atoms with van der Waals surface area (Å²) in [5.74, 6) is 0.665. The van der Waals surface area contributed by atoms with Gasteiger partial charge in [0.25, 0.3) is 0 Å². The zero-order valence-electron chi connectivity index (χ0n) is 11.6. The molecule has 108 valence electrons. The first-order chi connectivity index (χ1) is 8.99. The highest BCUT2D eigenvalue weighted by atomic mass is 32.2. The predicted molar refractivity (Wildman–Crippen MR) is 75.9 cm³/mol. The fraction of sp³-hybridized carbons (Fsp3) is 0.538. The van der Waals surface area contributed by atoms with Crippen LogP contribution < -0.4 is 14.8 Å². The van der Waals surface area contributed by atoms with Crippen molar-refractivity contribution in [3.05, 3.63) is 24.3 Å². The number of nitrogens with one attached hydrogen (secondary N) is 2. The third-order valence-corrected chi connectivity index (χ3v) is 4.33. The molecule has 1 aromatic rings. The Balaban J connectivity index is 2.69. The molecule has 19 heavy (non-hydrogen) atoms. The minimum absolute atomic E-state index is 0.0726. The highest BCUT2D eigenvalue weighted by molar-refractivity contribution is 7.89. The summed E-state index contributed by atoms with van der Waals surface area (Å²) in [7, 11) is -1.58. The van der Waals surface area contributed by atoms with Gasteiger partial charge in [-0.15, -0.1) is 0 Å². The first kappa shape index (κ1) is 15.9. The molecule has 5 nitrogen and oxygen atoms in total. The molecule has 6 heteroatoms. The van der Waals surface area contributed by atoms with Gasteiger partial charge in [-0.3, -0.25) is 0 Å². The van der Waals surface area contributed by atoms with Gasteiger partial charge in [0.1, 0.15) is 12.4 Å². The third-order valence-electron chi connectivity index (χ3n) is 2.72. The van der Waals surface area contributed by atoms with E-state index in [0.717, 1.165) is 13.0 Å². The van der Waals surface area contributed by atoms with E-state index in [1.165, 1.54) is 0 Å². The van der Waals surface area contributed by atoms with Crippen molar-refractivity contribution in [1.29, 1.82) is 0 Å². The molecular formula is C13H22N2O3S. The summed E-state index contributed by atoms with van der Waals surface area (Å²) in [6, 6.07) is 6.37. The number of sulfonamides is 1. The summed E-state index contributed by atoms with van der Waals surface area (Å²) in [4.78, 5) is 0.258. The van der Waals surface area contributed by atoms with Gasteiger partial charge in [-0.05, 0) is 44.7 Å². The Bertz CT molecular complexity index is 471. The minimum atomic E-state index is -3.43. The molecule has 0 saturated carbocycles. The van der Waals surface area contributed by atoms with Crippen molar-refractivity contribution in [3.8, 4) is 5.75 Å². The van der Waals surface area contributed by atoms with Crippen LogP contribution in [0.1, 0.15) is 20.3 Å². The molecule has 1 aromatic carbocycles. The molecular weight excluding hydrogens is 264 g/mol. The van der Waals surface area contributed by atoms with Crippen LogP contribution in [0.25, 0.3) is 0 Å². The van der Waals surface area contributed by atoms with Gasteiger partial charge in [0.05, 0.1) is 4.90 Å². The Morgan fingerprint density at radius 2 is 1.89 bits per heavy atom. The molecule has 0 aliphatic carbocycles. The van der Waals surface area contributed by atoms with E-state index in [-0.39, 0.29) is 10.9 Å². The number of rotatable bonds is 8. The molecule has 0 saturated heterocycles. The Morgan fingerprint density at radius 3 is 2.42 bits per heavy atom. The first-order valence-corrected chi connectivity index (χ1v) is 7.87. The van der Waals surface area contributed by atoms with Crippen LogP contribution in [0.4, 0.5) is 0 Å². The molecule has 0 aliphatic heterocycles. The summed E-state index contributed by atoms with van der Waals surface area (Å²) in [6.45, 7) is 5.07. The van der Waals surface area contributed by atoms with E-state index in [2.05, 4.69) is 10.0 Å². The van der Waals surface area contributed by atoms with E-state index < -0.39 is 10.0 Å². The normalized spacial score (nSPS) is 13.2. The second-order valence-electron chi connectivity index (χ2n) is 4.35. The quantitative estimate of drug-likeness (QED) is 0.708. The predicted octanol–water partition coefficient (Wildman–Crippen LogP) is 1.36. The van der Waals surface area contributed by atoms with Gasteiger partial charge in [0.2, 0.25) is 10.0 Å². The molecule has 0 radical (unpaired) electrons. The fourth-order valence-corrected chi connectivity index (χ4v) is 2.73. The summed E-state index contributed by atoms with van der Waals surface area (Å²) < 4.78 is 32.1. The average molecular weight is 286 g/mol. The van der Waals surface area contributed by atoms with Crippen LogP contribution in [0.15, 0.2) is 29.2 Å². The zero-order chi connectivity index (χ0) is 14.3. The van der Waals surface area contributed by atoms with Crippen LogP contribution in [0, 0.1) is 0 Å². The lowest BCUT2D eigenvalue weighted by Crippen LogP contribution is -2.31. The van der Waals surface area contributed by atoms with Gasteiger partial charge in [-0.25, -0.2) is 13.1 Å². The van der Waals surface area contributed by atoms with E-state index in [4.69, 9.17) is 4.74 Å². The molecule has 1 unspecified atom stereocenters. The smallest absolute Gasteiger partial charge is 0.240 e. The van der Waals surface area contributed by atoms with Gasteiger partial charge in [-0.2, -0.15) is 0 Å². The largest absolute Gasteiger partial charge is 0.492 e. The summed E-state index contributed by atoms with van der Waals surface area (Å²) in [5.41, 5.74) is 0. The lowest BCUT2D eigenvalue weighted by molar-refractivity contribution is 0.318. The minimum Gasteiger partial charge on any atom is -0.492 e. The SMILES string of the molecule is CCC(C)NS(=O)(=O)c1ccc(OCCNC)cc1. The highest BCUT2D eigenvalue weighted by Gasteiger charge is 2.16. The standard InChI is InChI=1S/C13H22N2O3S/c1-4-11(2)15-19(16,17)13-7-5-12(6-8-13)18-10-9-14-3/h5-8,11,14-15H,4,9-10H2,1-3H3. The van der Waals surface area contributed by atoms with Gasteiger partial charge in [-0.1, -0.05) is 6.92 Å². The van der Waals surface area contributed by atoms with Crippen molar-refractivity contribution < 1.29 is 13.2 Å². The molecule has 2 N–H and O–H groups in total. The second-order valence-corrected chi connectivity index (χ2v) is 6.07. The van der Waals surface area contributed by atoms with Gasteiger partial charge < -0.3 is 10.1 Å². The molecule has 0 aliphatic rings. The van der Waals surface area contributed by atoms with Crippen molar-refractivity contribution in [3.63, 3.8) is 0 Å². The fourth-order valence-electron chi connectivity index (χ4n) is 1.40. The maximum Gasteiger partial charge on any atom is 0.240 e. The second kappa shape index (κ2) is 7.47. The van der Waals surface area contributed by atoms with Crippen LogP contribution in [0.3, 0.4) is 0 Å². The third kappa shape index (κ3) is 5.18. The van der Waals surface area contributed by atoms with E-state index in [1.54, 1.807) is 24.3 Å². The number of hydrogen-bond donors (Lipinski definition) is 2. The van der Waals surface area contributed by atoms with E-state index >= 15 is 0 Å². The van der Waals surface area contributed by atoms with E-state index in [9.17, 15) is 8.42 Å². The van der Waals surface area contributed by atoms with Crippen molar-refractivity contribution in [2.45, 2.75) is 31.2 Å². The molecule has 0 fully saturated rings. The van der Waals surface area contributed by atoms with Crippen LogP contribution in [0.5, 0.6) is 5.75 Å². The summed E-state index contributed by atoms with van der Waals surface area (Å²) >= 11 is 0. The van der Waals surface area contributed by atoms with Crippen LogP contribution in [0.2, 0.25) is 0 Å². The molecule has 0 bridgehead atoms. The van der Waals surface area contributed by atoms with Crippen LogP contribution in [-0.4, -0.2) is 34.7 Å². The summed E-state index contributed by atoms with van der Waals surface area (Å²) in [6.07, 6.45) is 0.754. The molecule has 1 rings (SSSR count). The number of ether oxygens (including phenoxy) is 1.